The Morgan fingerprint density at radius 1 is 1.10 bits per heavy atom. The van der Waals surface area contributed by atoms with Gasteiger partial charge in [0.15, 0.2) is 0 Å². The highest BCUT2D eigenvalue weighted by Gasteiger charge is 2.53. The summed E-state index contributed by atoms with van der Waals surface area (Å²) in [6.07, 6.45) is 0.718. The Labute approximate surface area is 114 Å². The zero-order valence-electron chi connectivity index (χ0n) is 10.5. The van der Waals surface area contributed by atoms with E-state index in [1.54, 1.807) is 0 Å². The van der Waals surface area contributed by atoms with Gasteiger partial charge in [-0.2, -0.15) is 21.6 Å². The van der Waals surface area contributed by atoms with Crippen molar-refractivity contribution in [1.29, 1.82) is 0 Å². The number of Topliss-reactive ketones (excluding diaryl/α,β-unsaturated/α-hetero) is 1. The van der Waals surface area contributed by atoms with E-state index in [4.69, 9.17) is 0 Å². The number of fused-ring (bicyclic) bond motifs is 1. The summed E-state index contributed by atoms with van der Waals surface area (Å²) in [5, 5.41) is 0. The molecule has 4 aliphatic heterocycles. The first-order valence-corrected chi connectivity index (χ1v) is 7.86. The van der Waals surface area contributed by atoms with E-state index < -0.39 is 21.7 Å². The van der Waals surface area contributed by atoms with Crippen LogP contribution < -0.4 is 0 Å². The number of nitrogens with zero attached hydrogens (tertiary/aromatic N) is 1. The lowest BCUT2D eigenvalue weighted by molar-refractivity contribution is -0.144. The van der Waals surface area contributed by atoms with Crippen LogP contribution in [0.4, 0.5) is 13.2 Å². The summed E-state index contributed by atoms with van der Waals surface area (Å²) in [5.74, 6) is 0.162. The molecular weight excluding hydrogens is 299 g/mol. The van der Waals surface area contributed by atoms with Crippen molar-refractivity contribution in [3.05, 3.63) is 0 Å². The molecule has 4 heterocycles. The molecule has 0 spiro atoms. The Morgan fingerprint density at radius 2 is 1.65 bits per heavy atom. The summed E-state index contributed by atoms with van der Waals surface area (Å²) in [7, 11) is -5.54. The van der Waals surface area contributed by atoms with Crippen molar-refractivity contribution < 1.29 is 30.6 Å². The van der Waals surface area contributed by atoms with Gasteiger partial charge in [0.25, 0.3) is 0 Å². The molecule has 2 atom stereocenters. The quantitative estimate of drug-likeness (QED) is 0.563. The summed E-state index contributed by atoms with van der Waals surface area (Å²) in [5.41, 5.74) is -5.38. The molecule has 9 heteroatoms. The van der Waals surface area contributed by atoms with E-state index in [-0.39, 0.29) is 36.6 Å². The fourth-order valence-corrected chi connectivity index (χ4v) is 4.26. The molecule has 4 rings (SSSR count). The van der Waals surface area contributed by atoms with Crippen molar-refractivity contribution in [1.82, 2.24) is 4.90 Å². The Bertz CT molecular complexity index is 516. The first-order chi connectivity index (χ1) is 9.17. The normalized spacial score (nSPS) is 41.0. The maximum atomic E-state index is 12.3. The maximum Gasteiger partial charge on any atom is 0.523 e. The number of rotatable bonds is 2. The number of ketones is 1. The van der Waals surface area contributed by atoms with Crippen LogP contribution in [0.25, 0.3) is 0 Å². The zero-order valence-corrected chi connectivity index (χ0v) is 11.3. The van der Waals surface area contributed by atoms with Crippen molar-refractivity contribution >= 4 is 15.9 Å². The third-order valence-electron chi connectivity index (χ3n) is 4.46. The van der Waals surface area contributed by atoms with Crippen molar-refractivity contribution in [2.75, 3.05) is 6.54 Å². The minimum Gasteiger partial charge on any atom is -0.298 e. The average Bonchev–Trinajstić information content (AvgIpc) is 2.26. The Kier molecular flexibility index (Phi) is 3.15. The van der Waals surface area contributed by atoms with Gasteiger partial charge in [-0.05, 0) is 25.7 Å². The molecule has 0 aliphatic carbocycles. The molecule has 2 unspecified atom stereocenters. The second-order valence-corrected chi connectivity index (χ2v) is 7.27. The summed E-state index contributed by atoms with van der Waals surface area (Å²) < 4.78 is 63.4. The molecule has 4 aliphatic rings. The molecule has 4 bridgehead atoms. The topological polar surface area (TPSA) is 63.7 Å². The van der Waals surface area contributed by atoms with Crippen LogP contribution in [0.1, 0.15) is 25.7 Å². The van der Waals surface area contributed by atoms with E-state index in [0.717, 1.165) is 0 Å². The SMILES string of the molecule is O=C1CN2C3CC(OS(=O)(=O)C(F)(F)F)CC2CC1C3. The second kappa shape index (κ2) is 4.41. The molecule has 20 heavy (non-hydrogen) atoms. The molecular formula is C11H14F3NO4S. The number of carbonyl (C=O) groups excluding carboxylic acids is 1. The molecule has 4 saturated heterocycles. The number of piperidine rings is 4. The van der Waals surface area contributed by atoms with Crippen LogP contribution in [0.15, 0.2) is 0 Å². The van der Waals surface area contributed by atoms with Crippen molar-refractivity contribution in [2.45, 2.75) is 49.4 Å². The molecule has 5 nitrogen and oxygen atoms in total. The summed E-state index contributed by atoms with van der Waals surface area (Å²) in [6.45, 7) is 0.332. The highest BCUT2D eigenvalue weighted by atomic mass is 32.2. The van der Waals surface area contributed by atoms with Crippen LogP contribution in [0.3, 0.4) is 0 Å². The van der Waals surface area contributed by atoms with E-state index in [1.807, 2.05) is 4.90 Å². The van der Waals surface area contributed by atoms with Gasteiger partial charge >= 0.3 is 15.6 Å². The van der Waals surface area contributed by atoms with E-state index in [9.17, 15) is 26.4 Å². The summed E-state index contributed by atoms with van der Waals surface area (Å²) >= 11 is 0. The predicted octanol–water partition coefficient (Wildman–Crippen LogP) is 1.05. The molecule has 0 radical (unpaired) electrons. The second-order valence-electron chi connectivity index (χ2n) is 5.70. The number of carbonyl (C=O) groups is 1. The minimum absolute atomic E-state index is 0.0184. The van der Waals surface area contributed by atoms with Crippen LogP contribution in [0.5, 0.6) is 0 Å². The highest BCUT2D eigenvalue weighted by Crippen LogP contribution is 2.43. The fourth-order valence-electron chi connectivity index (χ4n) is 3.63. The molecule has 114 valence electrons. The molecule has 0 aromatic heterocycles. The smallest absolute Gasteiger partial charge is 0.298 e. The van der Waals surface area contributed by atoms with Gasteiger partial charge in [-0.3, -0.25) is 13.9 Å². The third kappa shape index (κ3) is 2.25. The highest BCUT2D eigenvalue weighted by molar-refractivity contribution is 7.87. The Hall–Kier alpha value is -0.670. The first kappa shape index (κ1) is 14.3. The predicted molar refractivity (Wildman–Crippen MR) is 61.1 cm³/mol. The van der Waals surface area contributed by atoms with Crippen molar-refractivity contribution in [3.8, 4) is 0 Å². The Balaban J connectivity index is 1.71. The monoisotopic (exact) mass is 313 g/mol. The van der Waals surface area contributed by atoms with Gasteiger partial charge in [0, 0.05) is 18.0 Å². The van der Waals surface area contributed by atoms with E-state index in [1.165, 1.54) is 0 Å². The third-order valence-corrected chi connectivity index (χ3v) is 5.55. The molecule has 0 aromatic rings. The van der Waals surface area contributed by atoms with Crippen LogP contribution in [0, 0.1) is 5.92 Å². The van der Waals surface area contributed by atoms with Gasteiger partial charge in [0.1, 0.15) is 5.78 Å². The van der Waals surface area contributed by atoms with Gasteiger partial charge in [-0.1, -0.05) is 0 Å². The van der Waals surface area contributed by atoms with Crippen LogP contribution in [0.2, 0.25) is 0 Å². The zero-order chi connectivity index (χ0) is 14.7. The van der Waals surface area contributed by atoms with Crippen molar-refractivity contribution in [2.24, 2.45) is 5.92 Å². The van der Waals surface area contributed by atoms with E-state index in [0.29, 0.717) is 19.4 Å². The molecule has 0 amide bonds. The number of alkyl halides is 3. The lowest BCUT2D eigenvalue weighted by Gasteiger charge is -2.54. The van der Waals surface area contributed by atoms with Gasteiger partial charge in [0.05, 0.1) is 12.6 Å². The molecule has 0 saturated carbocycles. The van der Waals surface area contributed by atoms with Gasteiger partial charge < -0.3 is 0 Å². The number of hydrogen-bond acceptors (Lipinski definition) is 5. The van der Waals surface area contributed by atoms with Crippen LogP contribution in [-0.2, 0) is 19.1 Å². The minimum atomic E-state index is -5.54. The summed E-state index contributed by atoms with van der Waals surface area (Å²) in [6, 6.07) is -0.0859. The average molecular weight is 313 g/mol. The van der Waals surface area contributed by atoms with Crippen molar-refractivity contribution in [3.63, 3.8) is 0 Å². The lowest BCUT2D eigenvalue weighted by atomic mass is 9.72. The molecule has 0 aromatic carbocycles. The lowest BCUT2D eigenvalue weighted by Crippen LogP contribution is -2.63. The van der Waals surface area contributed by atoms with Gasteiger partial charge in [-0.15, -0.1) is 0 Å². The fraction of sp³-hybridized carbons (Fsp3) is 0.909. The van der Waals surface area contributed by atoms with Crippen LogP contribution >= 0.6 is 0 Å². The molecule has 4 fully saturated rings. The Morgan fingerprint density at radius 3 is 2.10 bits per heavy atom. The molecule has 0 N–H and O–H groups in total. The first-order valence-electron chi connectivity index (χ1n) is 6.45. The van der Waals surface area contributed by atoms with E-state index in [2.05, 4.69) is 4.18 Å². The largest absolute Gasteiger partial charge is 0.523 e. The standard InChI is InChI=1S/C11H14F3NO4S/c12-11(13,14)20(17,18)19-9-3-7-1-6-2-8(4-9)15(7)5-10(6)16/h6-9H,1-5H2. The van der Waals surface area contributed by atoms with E-state index >= 15 is 0 Å². The number of halogens is 3. The van der Waals surface area contributed by atoms with Gasteiger partial charge in [-0.25, -0.2) is 0 Å². The summed E-state index contributed by atoms with van der Waals surface area (Å²) in [4.78, 5) is 13.6. The van der Waals surface area contributed by atoms with Gasteiger partial charge in [0.2, 0.25) is 0 Å². The maximum absolute atomic E-state index is 12.3. The van der Waals surface area contributed by atoms with Crippen LogP contribution in [-0.4, -0.2) is 49.3 Å². The number of hydrogen-bond donors (Lipinski definition) is 0.